The van der Waals surface area contributed by atoms with Crippen molar-refractivity contribution in [2.45, 2.75) is 6.92 Å². The summed E-state index contributed by atoms with van der Waals surface area (Å²) in [6, 6.07) is 14.0. The summed E-state index contributed by atoms with van der Waals surface area (Å²) < 4.78 is 6.07. The van der Waals surface area contributed by atoms with Crippen LogP contribution in [-0.2, 0) is 0 Å². The molecule has 5 nitrogen and oxygen atoms in total. The van der Waals surface area contributed by atoms with E-state index in [0.717, 1.165) is 20.6 Å². The first-order valence-electron chi connectivity index (χ1n) is 8.19. The van der Waals surface area contributed by atoms with Gasteiger partial charge in [-0.05, 0) is 43.3 Å². The number of hydrogen-bond donors (Lipinski definition) is 1. The van der Waals surface area contributed by atoms with Crippen LogP contribution in [0.4, 0.5) is 5.13 Å². The zero-order valence-corrected chi connectivity index (χ0v) is 17.6. The Labute approximate surface area is 177 Å². The van der Waals surface area contributed by atoms with E-state index in [-0.39, 0.29) is 5.56 Å². The van der Waals surface area contributed by atoms with E-state index in [1.54, 1.807) is 30.3 Å². The molecule has 4 aromatic rings. The van der Waals surface area contributed by atoms with Crippen LogP contribution in [0.1, 0.15) is 15.2 Å². The van der Waals surface area contributed by atoms with E-state index in [0.29, 0.717) is 21.1 Å². The number of aryl methyl sites for hydroxylation is 1. The van der Waals surface area contributed by atoms with Gasteiger partial charge in [0.05, 0.1) is 5.69 Å². The number of hydrogen-bond acceptors (Lipinski definition) is 5. The van der Waals surface area contributed by atoms with Gasteiger partial charge in [-0.2, -0.15) is 0 Å². The molecule has 28 heavy (non-hydrogen) atoms. The third kappa shape index (κ3) is 3.73. The maximum Gasteiger partial charge on any atom is 0.349 e. The Morgan fingerprint density at radius 2 is 1.93 bits per heavy atom. The minimum absolute atomic E-state index is 0.0773. The molecule has 8 heteroatoms. The van der Waals surface area contributed by atoms with Crippen molar-refractivity contribution < 1.29 is 9.21 Å². The number of aromatic nitrogens is 1. The molecule has 0 fully saturated rings. The van der Waals surface area contributed by atoms with E-state index < -0.39 is 11.5 Å². The first kappa shape index (κ1) is 18.9. The average molecular weight is 476 g/mol. The van der Waals surface area contributed by atoms with Crippen LogP contribution in [0.3, 0.4) is 0 Å². The van der Waals surface area contributed by atoms with Crippen molar-refractivity contribution in [2.24, 2.45) is 0 Å². The van der Waals surface area contributed by atoms with Gasteiger partial charge in [0.25, 0.3) is 5.91 Å². The molecule has 2 aromatic carbocycles. The number of fused-ring (bicyclic) bond motifs is 1. The monoisotopic (exact) mass is 474 g/mol. The Morgan fingerprint density at radius 1 is 1.18 bits per heavy atom. The molecular weight excluding hydrogens is 464 g/mol. The second kappa shape index (κ2) is 7.50. The molecule has 140 valence electrons. The molecule has 0 bridgehead atoms. The molecule has 1 N–H and O–H groups in total. The first-order valence-corrected chi connectivity index (χ1v) is 10.2. The summed E-state index contributed by atoms with van der Waals surface area (Å²) in [5.41, 5.74) is 1.30. The molecule has 0 aliphatic rings. The van der Waals surface area contributed by atoms with Crippen LogP contribution in [-0.4, -0.2) is 10.9 Å². The Morgan fingerprint density at radius 3 is 2.68 bits per heavy atom. The highest BCUT2D eigenvalue weighted by Gasteiger charge is 2.17. The lowest BCUT2D eigenvalue weighted by Crippen LogP contribution is -2.20. The minimum Gasteiger partial charge on any atom is -0.422 e. The average Bonchev–Trinajstić information content (AvgIpc) is 3.02. The number of anilines is 1. The van der Waals surface area contributed by atoms with Gasteiger partial charge >= 0.3 is 5.63 Å². The van der Waals surface area contributed by atoms with Crippen LogP contribution in [0, 0.1) is 6.92 Å². The molecule has 0 saturated carbocycles. The molecule has 2 aromatic heterocycles. The number of amides is 1. The van der Waals surface area contributed by atoms with Gasteiger partial charge in [0.15, 0.2) is 5.13 Å². The molecule has 0 radical (unpaired) electrons. The number of carbonyl (C=O) groups excluding carboxylic acids is 1. The summed E-state index contributed by atoms with van der Waals surface area (Å²) >= 11 is 10.6. The van der Waals surface area contributed by atoms with Gasteiger partial charge in [0, 0.05) is 25.3 Å². The fourth-order valence-electron chi connectivity index (χ4n) is 2.74. The molecular formula is C20H12BrClN2O3S. The van der Waals surface area contributed by atoms with Crippen LogP contribution in [0.5, 0.6) is 0 Å². The van der Waals surface area contributed by atoms with Crippen LogP contribution >= 0.6 is 38.9 Å². The van der Waals surface area contributed by atoms with Crippen LogP contribution < -0.4 is 10.9 Å². The predicted octanol–water partition coefficient (Wildman–Crippen LogP) is 5.89. The second-order valence-corrected chi connectivity index (χ2v) is 8.57. The Kier molecular flexibility index (Phi) is 5.05. The normalized spacial score (nSPS) is 11.0. The van der Waals surface area contributed by atoms with E-state index in [1.165, 1.54) is 17.4 Å². The molecule has 1 amide bonds. The summed E-state index contributed by atoms with van der Waals surface area (Å²) in [6.07, 6.45) is 0. The highest BCUT2D eigenvalue weighted by Crippen LogP contribution is 2.31. The summed E-state index contributed by atoms with van der Waals surface area (Å²) in [5.74, 6) is -0.563. The number of nitrogens with zero attached hydrogens (tertiary/aromatic N) is 1. The van der Waals surface area contributed by atoms with Gasteiger partial charge in [-0.15, -0.1) is 11.3 Å². The molecule has 0 unspecified atom stereocenters. The topological polar surface area (TPSA) is 72.2 Å². The lowest BCUT2D eigenvalue weighted by molar-refractivity contribution is 0.102. The lowest BCUT2D eigenvalue weighted by Gasteiger charge is -2.03. The highest BCUT2D eigenvalue weighted by atomic mass is 79.9. The van der Waals surface area contributed by atoms with Crippen LogP contribution in [0.2, 0.25) is 5.02 Å². The van der Waals surface area contributed by atoms with E-state index >= 15 is 0 Å². The zero-order chi connectivity index (χ0) is 19.8. The number of halogens is 2. The summed E-state index contributed by atoms with van der Waals surface area (Å²) in [4.78, 5) is 30.3. The SMILES string of the molecule is Cc1sc(NC(=O)c2cc3cc(Br)ccc3oc2=O)nc1-c1ccc(Cl)cc1. The van der Waals surface area contributed by atoms with Crippen LogP contribution in [0.25, 0.3) is 22.2 Å². The van der Waals surface area contributed by atoms with Gasteiger partial charge in [-0.1, -0.05) is 39.7 Å². The van der Waals surface area contributed by atoms with E-state index in [9.17, 15) is 9.59 Å². The first-order chi connectivity index (χ1) is 13.4. The van der Waals surface area contributed by atoms with Crippen molar-refractivity contribution in [3.63, 3.8) is 0 Å². The van der Waals surface area contributed by atoms with Crippen molar-refractivity contribution in [3.05, 3.63) is 78.9 Å². The van der Waals surface area contributed by atoms with Crippen molar-refractivity contribution in [2.75, 3.05) is 5.32 Å². The van der Waals surface area contributed by atoms with Crippen molar-refractivity contribution >= 4 is 60.9 Å². The largest absolute Gasteiger partial charge is 0.422 e. The van der Waals surface area contributed by atoms with Gasteiger partial charge < -0.3 is 4.42 Å². The molecule has 0 atom stereocenters. The lowest BCUT2D eigenvalue weighted by atomic mass is 10.1. The quantitative estimate of drug-likeness (QED) is 0.375. The third-order valence-electron chi connectivity index (χ3n) is 4.07. The Hall–Kier alpha value is -2.48. The fraction of sp³-hybridized carbons (Fsp3) is 0.0500. The molecule has 2 heterocycles. The second-order valence-electron chi connectivity index (χ2n) is 6.01. The standard InChI is InChI=1S/C20H12BrClN2O3S/c1-10-17(11-2-5-14(22)6-3-11)23-20(28-10)24-18(25)15-9-12-8-13(21)4-7-16(12)27-19(15)26/h2-9H,1H3,(H,23,24,25). The van der Waals surface area contributed by atoms with E-state index in [4.69, 9.17) is 16.0 Å². The van der Waals surface area contributed by atoms with Crippen molar-refractivity contribution in [3.8, 4) is 11.3 Å². The molecule has 0 saturated heterocycles. The van der Waals surface area contributed by atoms with Gasteiger partial charge in [0.1, 0.15) is 11.1 Å². The summed E-state index contributed by atoms with van der Waals surface area (Å²) in [7, 11) is 0. The molecule has 0 aliphatic heterocycles. The van der Waals surface area contributed by atoms with E-state index in [2.05, 4.69) is 26.2 Å². The number of carbonyl (C=O) groups is 1. The molecule has 0 spiro atoms. The maximum atomic E-state index is 12.6. The molecule has 4 rings (SSSR count). The maximum absolute atomic E-state index is 12.6. The fourth-order valence-corrected chi connectivity index (χ4v) is 4.08. The van der Waals surface area contributed by atoms with Crippen molar-refractivity contribution in [1.82, 2.24) is 4.98 Å². The number of nitrogens with one attached hydrogen (secondary N) is 1. The number of benzene rings is 2. The minimum atomic E-state index is -0.696. The van der Waals surface area contributed by atoms with Crippen LogP contribution in [0.15, 0.2) is 62.2 Å². The molecule has 0 aliphatic carbocycles. The number of rotatable bonds is 3. The number of thiazole rings is 1. The van der Waals surface area contributed by atoms with E-state index in [1.807, 2.05) is 19.1 Å². The summed E-state index contributed by atoms with van der Waals surface area (Å²) in [5, 5.41) is 4.38. The third-order valence-corrected chi connectivity index (χ3v) is 5.71. The smallest absolute Gasteiger partial charge is 0.349 e. The Balaban J connectivity index is 1.65. The van der Waals surface area contributed by atoms with Gasteiger partial charge in [-0.25, -0.2) is 9.78 Å². The van der Waals surface area contributed by atoms with Gasteiger partial charge in [0.2, 0.25) is 0 Å². The zero-order valence-electron chi connectivity index (χ0n) is 14.5. The Bertz CT molecular complexity index is 1260. The van der Waals surface area contributed by atoms with Crippen molar-refractivity contribution in [1.29, 1.82) is 0 Å². The predicted molar refractivity (Wildman–Crippen MR) is 115 cm³/mol. The summed E-state index contributed by atoms with van der Waals surface area (Å²) in [6.45, 7) is 1.92. The highest BCUT2D eigenvalue weighted by molar-refractivity contribution is 9.10. The van der Waals surface area contributed by atoms with Gasteiger partial charge in [-0.3, -0.25) is 10.1 Å².